The van der Waals surface area contributed by atoms with E-state index in [2.05, 4.69) is 279 Å². The first-order valence-electron chi connectivity index (χ1n) is 27.6. The average Bonchev–Trinajstić information content (AvgIpc) is 3.73. The molecule has 0 aliphatic heterocycles. The van der Waals surface area contributed by atoms with E-state index in [0.29, 0.717) is 0 Å². The minimum absolute atomic E-state index is 0.178. The second kappa shape index (κ2) is 15.6. The van der Waals surface area contributed by atoms with Gasteiger partial charge in [-0.25, -0.2) is 0 Å². The Morgan fingerprint density at radius 3 is 1.05 bits per heavy atom. The van der Waals surface area contributed by atoms with Crippen LogP contribution in [-0.4, -0.2) is 9.13 Å². The van der Waals surface area contributed by atoms with E-state index in [-0.39, 0.29) is 10.8 Å². The van der Waals surface area contributed by atoms with Crippen LogP contribution in [-0.2, 0) is 10.8 Å². The second-order valence-corrected chi connectivity index (χ2v) is 23.2. The zero-order valence-corrected chi connectivity index (χ0v) is 44.0. The van der Waals surface area contributed by atoms with Crippen molar-refractivity contribution in [3.05, 3.63) is 265 Å². The lowest BCUT2D eigenvalue weighted by molar-refractivity contribution is 0.661. The van der Waals surface area contributed by atoms with Crippen molar-refractivity contribution in [2.75, 3.05) is 0 Å². The number of aromatic nitrogens is 2. The van der Waals surface area contributed by atoms with E-state index in [1.807, 2.05) is 0 Å². The number of fused-ring (bicyclic) bond motifs is 18. The minimum atomic E-state index is -0.178. The van der Waals surface area contributed by atoms with Crippen molar-refractivity contribution in [1.82, 2.24) is 9.13 Å². The highest BCUT2D eigenvalue weighted by Gasteiger charge is 2.38. The summed E-state index contributed by atoms with van der Waals surface area (Å²) in [5, 5.41) is 15.1. The molecule has 0 radical (unpaired) electrons. The average molecular weight is 993 g/mol. The highest BCUT2D eigenvalue weighted by atomic mass is 15.0. The molecule has 0 atom stereocenters. The van der Waals surface area contributed by atoms with E-state index in [1.165, 1.54) is 153 Å². The summed E-state index contributed by atoms with van der Waals surface area (Å²) in [5.41, 5.74) is 22.6. The van der Waals surface area contributed by atoms with Gasteiger partial charge in [-0.15, -0.1) is 0 Å². The van der Waals surface area contributed by atoms with E-state index >= 15 is 0 Å². The summed E-state index contributed by atoms with van der Waals surface area (Å²) in [6, 6.07) is 92.2. The summed E-state index contributed by atoms with van der Waals surface area (Å²) in [4.78, 5) is 0. The monoisotopic (exact) mass is 992 g/mol. The molecular weight excluding hydrogens is 941 g/mol. The molecule has 366 valence electrons. The van der Waals surface area contributed by atoms with Crippen LogP contribution in [0.3, 0.4) is 0 Å². The number of para-hydroxylation sites is 6. The molecule has 13 aromatic carbocycles. The topological polar surface area (TPSA) is 9.86 Å². The Bertz CT molecular complexity index is 4800. The number of benzene rings is 13. The number of rotatable bonds is 4. The molecule has 15 aromatic rings. The Morgan fingerprint density at radius 2 is 0.603 bits per heavy atom. The van der Waals surface area contributed by atoms with Gasteiger partial charge < -0.3 is 9.13 Å². The van der Waals surface area contributed by atoms with Gasteiger partial charge in [0.15, 0.2) is 0 Å². The summed E-state index contributed by atoms with van der Waals surface area (Å²) in [5.74, 6) is 0. The molecule has 2 aromatic heterocycles. The molecular formula is C76H52N2. The predicted octanol–water partition coefficient (Wildman–Crippen LogP) is 20.4. The zero-order valence-electron chi connectivity index (χ0n) is 44.0. The number of nitrogens with zero attached hydrogens (tertiary/aromatic N) is 2. The van der Waals surface area contributed by atoms with E-state index in [4.69, 9.17) is 0 Å². The maximum atomic E-state index is 2.57. The van der Waals surface area contributed by atoms with E-state index in [1.54, 1.807) is 0 Å². The molecule has 0 saturated heterocycles. The van der Waals surface area contributed by atoms with Crippen LogP contribution in [0, 0.1) is 0 Å². The van der Waals surface area contributed by atoms with E-state index in [9.17, 15) is 0 Å². The highest BCUT2D eigenvalue weighted by Crippen LogP contribution is 2.55. The standard InChI is InChI=1S/C76H52N2/c1-75(2)67-33-15-11-25-49(67)65-41-61-59(55-31-19-29-53-51-27-13-17-35-71(51)77(73(53)55)47-21-7-5-8-22-47)39-45-38-58-46(37-57(45)63(61)43-69(65)75)40-60(62-42-66-50-26-12-16-34-68(50)76(3,4)70(66)44-64(58)62)56-32-20-30-54-52-28-14-18-36-72(52)78(74(54)56)48-23-9-6-10-24-48/h5-44H,1-4H3. The smallest absolute Gasteiger partial charge is 0.0619 e. The van der Waals surface area contributed by atoms with Crippen molar-refractivity contribution in [2.24, 2.45) is 0 Å². The summed E-state index contributed by atoms with van der Waals surface area (Å²) in [7, 11) is 0. The number of hydrogen-bond acceptors (Lipinski definition) is 0. The Labute approximate surface area is 452 Å². The summed E-state index contributed by atoms with van der Waals surface area (Å²) >= 11 is 0. The first kappa shape index (κ1) is 43.7. The molecule has 2 heteroatoms. The zero-order chi connectivity index (χ0) is 51.8. The molecule has 0 amide bonds. The molecule has 0 N–H and O–H groups in total. The quantitative estimate of drug-likeness (QED) is 0.123. The van der Waals surface area contributed by atoms with Gasteiger partial charge in [-0.05, 0) is 184 Å². The maximum absolute atomic E-state index is 2.57. The van der Waals surface area contributed by atoms with Crippen LogP contribution < -0.4 is 0 Å². The fourth-order valence-corrected chi connectivity index (χ4v) is 14.8. The normalized spacial score (nSPS) is 14.1. The van der Waals surface area contributed by atoms with Gasteiger partial charge in [0.1, 0.15) is 0 Å². The lowest BCUT2D eigenvalue weighted by Gasteiger charge is -2.23. The van der Waals surface area contributed by atoms with Crippen LogP contribution >= 0.6 is 0 Å². The Hall–Kier alpha value is -9.50. The summed E-state index contributed by atoms with van der Waals surface area (Å²) in [6.45, 7) is 9.65. The molecule has 0 bridgehead atoms. The second-order valence-electron chi connectivity index (χ2n) is 23.2. The van der Waals surface area contributed by atoms with Crippen LogP contribution in [0.15, 0.2) is 243 Å². The van der Waals surface area contributed by atoms with E-state index in [0.717, 1.165) is 11.4 Å². The largest absolute Gasteiger partial charge is 0.309 e. The van der Waals surface area contributed by atoms with Gasteiger partial charge in [0.2, 0.25) is 0 Å². The van der Waals surface area contributed by atoms with Crippen molar-refractivity contribution < 1.29 is 0 Å². The van der Waals surface area contributed by atoms with Crippen LogP contribution in [0.25, 0.3) is 143 Å². The molecule has 0 unspecified atom stereocenters. The van der Waals surface area contributed by atoms with Gasteiger partial charge in [-0.3, -0.25) is 0 Å². The van der Waals surface area contributed by atoms with Crippen LogP contribution in [0.4, 0.5) is 0 Å². The van der Waals surface area contributed by atoms with E-state index < -0.39 is 0 Å². The van der Waals surface area contributed by atoms with Gasteiger partial charge in [0.05, 0.1) is 22.1 Å². The maximum Gasteiger partial charge on any atom is 0.0619 e. The third-order valence-electron chi connectivity index (χ3n) is 18.4. The van der Waals surface area contributed by atoms with Crippen molar-refractivity contribution in [3.63, 3.8) is 0 Å². The van der Waals surface area contributed by atoms with Gasteiger partial charge >= 0.3 is 0 Å². The molecule has 2 heterocycles. The fourth-order valence-electron chi connectivity index (χ4n) is 14.8. The van der Waals surface area contributed by atoms with Gasteiger partial charge in [0.25, 0.3) is 0 Å². The SMILES string of the molecule is CC1(C)c2ccccc2-c2cc3c(-c4cccc5c6ccccc6n(-c6ccccc6)c45)cc4cc5c(cc(-c6cccc7c8ccccc8n(-c8ccccc8)c67)c6cc7c(cc65)C(C)(C)c5ccccc5-7)cc4c3cc21. The summed E-state index contributed by atoms with van der Waals surface area (Å²) in [6.07, 6.45) is 0. The lowest BCUT2D eigenvalue weighted by atomic mass is 9.80. The van der Waals surface area contributed by atoms with Crippen LogP contribution in [0.5, 0.6) is 0 Å². The minimum Gasteiger partial charge on any atom is -0.309 e. The predicted molar refractivity (Wildman–Crippen MR) is 331 cm³/mol. The molecule has 0 spiro atoms. The molecule has 78 heavy (non-hydrogen) atoms. The van der Waals surface area contributed by atoms with Crippen molar-refractivity contribution in [2.45, 2.75) is 38.5 Å². The van der Waals surface area contributed by atoms with Crippen LogP contribution in [0.2, 0.25) is 0 Å². The third-order valence-corrected chi connectivity index (χ3v) is 18.4. The first-order chi connectivity index (χ1) is 38.2. The Morgan fingerprint density at radius 1 is 0.231 bits per heavy atom. The molecule has 0 fully saturated rings. The molecule has 17 rings (SSSR count). The van der Waals surface area contributed by atoms with Gasteiger partial charge in [0, 0.05) is 54.9 Å². The fraction of sp³-hybridized carbons (Fsp3) is 0.0789. The molecule has 2 nitrogen and oxygen atoms in total. The van der Waals surface area contributed by atoms with Gasteiger partial charge in [-0.2, -0.15) is 0 Å². The first-order valence-corrected chi connectivity index (χ1v) is 27.6. The van der Waals surface area contributed by atoms with Crippen molar-refractivity contribution in [3.8, 4) is 55.9 Å². The highest BCUT2D eigenvalue weighted by molar-refractivity contribution is 6.26. The number of hydrogen-bond donors (Lipinski definition) is 0. The molecule has 2 aliphatic rings. The Balaban J connectivity index is 1.03. The Kier molecular flexibility index (Phi) is 8.72. The van der Waals surface area contributed by atoms with Crippen molar-refractivity contribution >= 4 is 86.7 Å². The van der Waals surface area contributed by atoms with Crippen LogP contribution in [0.1, 0.15) is 49.9 Å². The lowest BCUT2D eigenvalue weighted by Crippen LogP contribution is -2.14. The molecule has 0 saturated carbocycles. The van der Waals surface area contributed by atoms with Crippen molar-refractivity contribution in [1.29, 1.82) is 0 Å². The molecule has 2 aliphatic carbocycles. The summed E-state index contributed by atoms with van der Waals surface area (Å²) < 4.78 is 4.99. The third kappa shape index (κ3) is 5.76. The van der Waals surface area contributed by atoms with Gasteiger partial charge in [-0.1, -0.05) is 185 Å².